The summed E-state index contributed by atoms with van der Waals surface area (Å²) < 4.78 is 0. The second kappa shape index (κ2) is 7.29. The molecule has 0 heteroatoms. The first-order valence-corrected chi connectivity index (χ1v) is 8.29. The van der Waals surface area contributed by atoms with Crippen LogP contribution in [0.15, 0.2) is 24.3 Å². The average Bonchev–Trinajstić information content (AvgIpc) is 2.45. The van der Waals surface area contributed by atoms with E-state index in [1.54, 1.807) is 0 Å². The van der Waals surface area contributed by atoms with Gasteiger partial charge in [-0.15, -0.1) is 0 Å². The normalized spacial score (nSPS) is 37.0. The summed E-state index contributed by atoms with van der Waals surface area (Å²) in [7, 11) is 0. The van der Waals surface area contributed by atoms with Gasteiger partial charge in [-0.3, -0.25) is 0 Å². The number of benzene rings is 1. The predicted molar refractivity (Wildman–Crippen MR) is 90.9 cm³/mol. The Hall–Kier alpha value is -0.780. The van der Waals surface area contributed by atoms with Crippen LogP contribution < -0.4 is 0 Å². The topological polar surface area (TPSA) is 0 Å². The quantitative estimate of drug-likeness (QED) is 0.534. The van der Waals surface area contributed by atoms with Crippen LogP contribution in [0.1, 0.15) is 52.7 Å². The Kier molecular flexibility index (Phi) is 6.30. The zero-order valence-corrected chi connectivity index (χ0v) is 14.8. The molecule has 1 saturated carbocycles. The van der Waals surface area contributed by atoms with Gasteiger partial charge in [-0.05, 0) is 49.4 Å². The Labute approximate surface area is 127 Å². The van der Waals surface area contributed by atoms with Crippen LogP contribution >= 0.6 is 0 Å². The van der Waals surface area contributed by atoms with Crippen molar-refractivity contribution in [2.75, 3.05) is 0 Å². The Balaban J connectivity index is 0.000000217. The van der Waals surface area contributed by atoms with Gasteiger partial charge >= 0.3 is 0 Å². The van der Waals surface area contributed by atoms with E-state index in [4.69, 9.17) is 0 Å². The van der Waals surface area contributed by atoms with Crippen molar-refractivity contribution in [3.8, 4) is 0 Å². The smallest absolute Gasteiger partial charge is 0.0386 e. The van der Waals surface area contributed by atoms with E-state index >= 15 is 0 Å². The summed E-state index contributed by atoms with van der Waals surface area (Å²) >= 11 is 0. The van der Waals surface area contributed by atoms with Crippen LogP contribution in [0.5, 0.6) is 0 Å². The molecule has 0 radical (unpaired) electrons. The zero-order chi connectivity index (χ0) is 15.4. The van der Waals surface area contributed by atoms with Gasteiger partial charge in [-0.2, -0.15) is 0 Å². The maximum absolute atomic E-state index is 2.42. The van der Waals surface area contributed by atoms with E-state index in [0.29, 0.717) is 0 Å². The van der Waals surface area contributed by atoms with E-state index < -0.39 is 0 Å². The lowest BCUT2D eigenvalue weighted by molar-refractivity contribution is 0.0302. The molecule has 0 bridgehead atoms. The Morgan fingerprint density at radius 1 is 0.450 bits per heavy atom. The average molecular weight is 274 g/mol. The number of hydrogen-bond donors (Lipinski definition) is 0. The Morgan fingerprint density at radius 3 is 0.750 bits per heavy atom. The highest BCUT2D eigenvalue weighted by Gasteiger charge is 2.38. The molecule has 0 spiro atoms. The molecule has 0 nitrogen and oxygen atoms in total. The van der Waals surface area contributed by atoms with Gasteiger partial charge < -0.3 is 0 Å². The molecular weight excluding hydrogens is 240 g/mol. The van der Waals surface area contributed by atoms with Crippen molar-refractivity contribution in [1.29, 1.82) is 0 Å². The van der Waals surface area contributed by atoms with Crippen LogP contribution in [-0.2, 0) is 0 Å². The van der Waals surface area contributed by atoms with Gasteiger partial charge in [0.1, 0.15) is 0 Å². The summed E-state index contributed by atoms with van der Waals surface area (Å²) in [4.78, 5) is 0. The molecule has 1 fully saturated rings. The third-order valence-electron chi connectivity index (χ3n) is 6.19. The van der Waals surface area contributed by atoms with Crippen molar-refractivity contribution < 1.29 is 0 Å². The molecule has 0 aromatic heterocycles. The van der Waals surface area contributed by atoms with Crippen molar-refractivity contribution in [2.45, 2.75) is 55.4 Å². The van der Waals surface area contributed by atoms with E-state index in [1.807, 2.05) is 0 Å². The number of rotatable bonds is 0. The van der Waals surface area contributed by atoms with Crippen molar-refractivity contribution in [3.63, 3.8) is 0 Å². The molecule has 0 aliphatic heterocycles. The van der Waals surface area contributed by atoms with Crippen LogP contribution in [-0.4, -0.2) is 0 Å². The summed E-state index contributed by atoms with van der Waals surface area (Å²) in [6, 6.07) is 8.48. The first-order chi connectivity index (χ1) is 9.25. The van der Waals surface area contributed by atoms with Crippen LogP contribution in [0, 0.1) is 49.4 Å². The molecule has 1 aromatic carbocycles. The second-order valence-corrected chi connectivity index (χ2v) is 7.31. The summed E-state index contributed by atoms with van der Waals surface area (Å²) in [6.07, 6.45) is 0. The Bertz CT molecular complexity index is 309. The van der Waals surface area contributed by atoms with E-state index in [1.165, 1.54) is 11.1 Å². The van der Waals surface area contributed by atoms with E-state index in [9.17, 15) is 0 Å². The molecule has 114 valence electrons. The van der Waals surface area contributed by atoms with Gasteiger partial charge in [0.25, 0.3) is 0 Å². The molecule has 0 amide bonds. The fourth-order valence-corrected chi connectivity index (χ4v) is 3.51. The summed E-state index contributed by atoms with van der Waals surface area (Å²) in [5.41, 5.74) is 2.66. The third-order valence-corrected chi connectivity index (χ3v) is 6.19. The minimum atomic E-state index is 0.909. The molecule has 1 aromatic rings. The fourth-order valence-electron chi connectivity index (χ4n) is 3.51. The van der Waals surface area contributed by atoms with Crippen molar-refractivity contribution in [2.24, 2.45) is 35.5 Å². The van der Waals surface area contributed by atoms with Crippen molar-refractivity contribution in [3.05, 3.63) is 35.4 Å². The first-order valence-electron chi connectivity index (χ1n) is 8.29. The highest BCUT2D eigenvalue weighted by Crippen LogP contribution is 2.44. The SMILES string of the molecule is CC1C(C)C(C)C(C)C(C)C1C.Cc1ccc(C)cc1. The maximum atomic E-state index is 2.42. The molecule has 0 N–H and O–H groups in total. The third kappa shape index (κ3) is 4.11. The molecule has 20 heavy (non-hydrogen) atoms. The highest BCUT2D eigenvalue weighted by atomic mass is 14.4. The lowest BCUT2D eigenvalue weighted by Crippen LogP contribution is -2.39. The molecular formula is C20H34. The minimum absolute atomic E-state index is 0.909. The van der Waals surface area contributed by atoms with Gasteiger partial charge in [-0.25, -0.2) is 0 Å². The molecule has 0 heterocycles. The maximum Gasteiger partial charge on any atom is -0.0386 e. The molecule has 1 aliphatic rings. The van der Waals surface area contributed by atoms with Crippen LogP contribution in [0.4, 0.5) is 0 Å². The summed E-state index contributed by atoms with van der Waals surface area (Å²) in [6.45, 7) is 18.7. The first kappa shape index (κ1) is 17.3. The molecule has 0 saturated heterocycles. The number of hydrogen-bond acceptors (Lipinski definition) is 0. The van der Waals surface area contributed by atoms with Gasteiger partial charge in [0.15, 0.2) is 0 Å². The fraction of sp³-hybridized carbons (Fsp3) is 0.700. The minimum Gasteiger partial charge on any atom is -0.0620 e. The zero-order valence-electron chi connectivity index (χ0n) is 14.8. The largest absolute Gasteiger partial charge is 0.0620 e. The van der Waals surface area contributed by atoms with Crippen LogP contribution in [0.25, 0.3) is 0 Å². The van der Waals surface area contributed by atoms with Crippen LogP contribution in [0.3, 0.4) is 0 Å². The molecule has 1 aliphatic carbocycles. The molecule has 0 atom stereocenters. The van der Waals surface area contributed by atoms with E-state index in [-0.39, 0.29) is 0 Å². The van der Waals surface area contributed by atoms with E-state index in [0.717, 1.165) is 35.5 Å². The number of aryl methyl sites for hydroxylation is 2. The monoisotopic (exact) mass is 274 g/mol. The van der Waals surface area contributed by atoms with Crippen molar-refractivity contribution >= 4 is 0 Å². The second-order valence-electron chi connectivity index (χ2n) is 7.31. The lowest BCUT2D eigenvalue weighted by atomic mass is 9.60. The van der Waals surface area contributed by atoms with Gasteiger partial charge in [0, 0.05) is 0 Å². The standard InChI is InChI=1S/C12H24.C8H10/c1-7-8(2)10(4)12(6)11(5)9(7)3;1-7-3-5-8(2)6-4-7/h7-12H,1-6H3;3-6H,1-2H3. The van der Waals surface area contributed by atoms with Crippen molar-refractivity contribution in [1.82, 2.24) is 0 Å². The Morgan fingerprint density at radius 2 is 0.600 bits per heavy atom. The predicted octanol–water partition coefficient (Wildman–Crippen LogP) is 6.12. The molecule has 0 unspecified atom stereocenters. The van der Waals surface area contributed by atoms with Gasteiger partial charge in [0.2, 0.25) is 0 Å². The summed E-state index contributed by atoms with van der Waals surface area (Å²) in [5, 5.41) is 0. The molecule has 2 rings (SSSR count). The summed E-state index contributed by atoms with van der Waals surface area (Å²) in [5.74, 6) is 5.45. The van der Waals surface area contributed by atoms with Gasteiger partial charge in [-0.1, -0.05) is 76.9 Å². The van der Waals surface area contributed by atoms with E-state index in [2.05, 4.69) is 79.7 Å². The van der Waals surface area contributed by atoms with Crippen LogP contribution in [0.2, 0.25) is 0 Å². The lowest BCUT2D eigenvalue weighted by Gasteiger charge is -2.45. The highest BCUT2D eigenvalue weighted by molar-refractivity contribution is 5.19. The van der Waals surface area contributed by atoms with Gasteiger partial charge in [0.05, 0.1) is 0 Å².